The molecular formula is C21H21AuS3. The van der Waals surface area contributed by atoms with Gasteiger partial charge < -0.3 is 37.9 Å². The van der Waals surface area contributed by atoms with Crippen molar-refractivity contribution in [3.8, 4) is 0 Å². The van der Waals surface area contributed by atoms with E-state index in [-0.39, 0.29) is 22.4 Å². The minimum atomic E-state index is 0. The van der Waals surface area contributed by atoms with Crippen molar-refractivity contribution < 1.29 is 22.4 Å². The maximum atomic E-state index is 4.95. The molecule has 0 aromatic heterocycles. The summed E-state index contributed by atoms with van der Waals surface area (Å²) in [6, 6.07) is 23.7. The number of aryl methyl sites for hydroxylation is 3. The van der Waals surface area contributed by atoms with Crippen LogP contribution in [0, 0.1) is 20.8 Å². The van der Waals surface area contributed by atoms with Crippen LogP contribution in [0.15, 0.2) is 87.5 Å². The molecule has 3 aromatic rings. The van der Waals surface area contributed by atoms with Crippen LogP contribution in [0.3, 0.4) is 0 Å². The summed E-state index contributed by atoms with van der Waals surface area (Å²) in [4.78, 5) is 2.85. The van der Waals surface area contributed by atoms with E-state index in [0.717, 1.165) is 14.7 Å². The van der Waals surface area contributed by atoms with E-state index in [4.69, 9.17) is 37.9 Å². The van der Waals surface area contributed by atoms with Crippen LogP contribution in [-0.4, -0.2) is 0 Å². The van der Waals surface area contributed by atoms with Gasteiger partial charge in [0.15, 0.2) is 0 Å². The Labute approximate surface area is 184 Å². The van der Waals surface area contributed by atoms with Gasteiger partial charge in [0, 0.05) is 0 Å². The van der Waals surface area contributed by atoms with Crippen molar-refractivity contribution in [2.45, 2.75) is 35.5 Å². The van der Waals surface area contributed by atoms with Crippen LogP contribution in [0.2, 0.25) is 0 Å². The van der Waals surface area contributed by atoms with Crippen molar-refractivity contribution in [1.82, 2.24) is 0 Å². The van der Waals surface area contributed by atoms with Crippen LogP contribution in [0.25, 0.3) is 0 Å². The molecule has 3 aromatic carbocycles. The normalized spacial score (nSPS) is 8.76. The largest absolute Gasteiger partial charge is 3.00 e. The van der Waals surface area contributed by atoms with E-state index in [1.807, 2.05) is 93.6 Å². The molecule has 0 saturated heterocycles. The molecule has 0 fully saturated rings. The van der Waals surface area contributed by atoms with Gasteiger partial charge in [0.2, 0.25) is 0 Å². The zero-order valence-corrected chi connectivity index (χ0v) is 19.1. The SMILES string of the molecule is Cc1ccccc1[S-].Cc1ccccc1[S-].Cc1ccccc1[S-].[Au+3]. The van der Waals surface area contributed by atoms with E-state index in [1.54, 1.807) is 0 Å². The van der Waals surface area contributed by atoms with Crippen molar-refractivity contribution in [3.63, 3.8) is 0 Å². The Morgan fingerprint density at radius 2 is 0.640 bits per heavy atom. The molecule has 25 heavy (non-hydrogen) atoms. The van der Waals surface area contributed by atoms with Crippen molar-refractivity contribution in [3.05, 3.63) is 89.5 Å². The molecule has 0 unspecified atom stereocenters. The van der Waals surface area contributed by atoms with Crippen LogP contribution in [0.4, 0.5) is 0 Å². The smallest absolute Gasteiger partial charge is 0.779 e. The predicted molar refractivity (Wildman–Crippen MR) is 110 cm³/mol. The fourth-order valence-corrected chi connectivity index (χ4v) is 2.11. The summed E-state index contributed by atoms with van der Waals surface area (Å²) in [7, 11) is 0. The Bertz CT molecular complexity index is 591. The summed E-state index contributed by atoms with van der Waals surface area (Å²) < 4.78 is 0. The summed E-state index contributed by atoms with van der Waals surface area (Å²) in [6.07, 6.45) is 0. The average molecular weight is 567 g/mol. The van der Waals surface area contributed by atoms with Crippen molar-refractivity contribution in [2.24, 2.45) is 0 Å². The van der Waals surface area contributed by atoms with Crippen LogP contribution in [-0.2, 0) is 60.3 Å². The van der Waals surface area contributed by atoms with E-state index < -0.39 is 0 Å². The Kier molecular flexibility index (Phi) is 12.8. The maximum absolute atomic E-state index is 4.95. The van der Waals surface area contributed by atoms with Gasteiger partial charge in [-0.05, 0) is 20.8 Å². The Morgan fingerprint density at radius 1 is 0.440 bits per heavy atom. The first kappa shape index (κ1) is 24.1. The molecule has 0 heterocycles. The van der Waals surface area contributed by atoms with Crippen LogP contribution >= 0.6 is 0 Å². The van der Waals surface area contributed by atoms with Gasteiger partial charge in [0.05, 0.1) is 0 Å². The molecule has 0 aliphatic rings. The fraction of sp³-hybridized carbons (Fsp3) is 0.143. The number of hydrogen-bond donors (Lipinski definition) is 0. The third kappa shape index (κ3) is 9.95. The van der Waals surface area contributed by atoms with E-state index in [1.165, 1.54) is 16.7 Å². The van der Waals surface area contributed by atoms with Crippen LogP contribution in [0.5, 0.6) is 0 Å². The molecule has 4 heteroatoms. The summed E-state index contributed by atoms with van der Waals surface area (Å²) in [5, 5.41) is 0. The molecule has 0 bridgehead atoms. The minimum absolute atomic E-state index is 0. The third-order valence-corrected chi connectivity index (χ3v) is 4.65. The predicted octanol–water partition coefficient (Wildman–Crippen LogP) is 5.70. The first-order chi connectivity index (χ1) is 11.4. The Hall–Kier alpha value is -0.940. The van der Waals surface area contributed by atoms with Gasteiger partial charge in [-0.25, -0.2) is 0 Å². The molecule has 0 N–H and O–H groups in total. The van der Waals surface area contributed by atoms with Gasteiger partial charge in [-0.15, -0.1) is 0 Å². The van der Waals surface area contributed by atoms with E-state index in [0.29, 0.717) is 0 Å². The standard InChI is InChI=1S/3C7H8S.Au/c3*1-6-4-2-3-5-7(6)8;/h3*2-5,8H,1H3;/q;;;+3/p-3. The van der Waals surface area contributed by atoms with Gasteiger partial charge in [-0.1, -0.05) is 89.5 Å². The molecule has 0 aliphatic heterocycles. The van der Waals surface area contributed by atoms with Crippen LogP contribution in [0.1, 0.15) is 16.7 Å². The van der Waals surface area contributed by atoms with Crippen LogP contribution < -0.4 is 0 Å². The summed E-state index contributed by atoms with van der Waals surface area (Å²) in [6.45, 7) is 6.05. The summed E-state index contributed by atoms with van der Waals surface area (Å²) in [5.74, 6) is 0. The molecule has 0 nitrogen and oxygen atoms in total. The first-order valence-corrected chi connectivity index (χ1v) is 8.82. The monoisotopic (exact) mass is 566 g/mol. The van der Waals surface area contributed by atoms with Gasteiger partial charge in [0.1, 0.15) is 0 Å². The molecule has 0 spiro atoms. The molecule has 134 valence electrons. The molecule has 0 aliphatic carbocycles. The number of benzene rings is 3. The van der Waals surface area contributed by atoms with E-state index >= 15 is 0 Å². The molecule has 0 radical (unpaired) electrons. The molecular weight excluding hydrogens is 545 g/mol. The second-order valence-corrected chi connectivity index (χ2v) is 6.62. The summed E-state index contributed by atoms with van der Waals surface area (Å²) in [5.41, 5.74) is 3.55. The Balaban J connectivity index is 0.000000339. The average Bonchev–Trinajstić information content (AvgIpc) is 2.57. The summed E-state index contributed by atoms with van der Waals surface area (Å²) >= 11 is 14.9. The van der Waals surface area contributed by atoms with Gasteiger partial charge in [-0.3, -0.25) is 0 Å². The third-order valence-electron chi connectivity index (χ3n) is 3.28. The van der Waals surface area contributed by atoms with E-state index in [9.17, 15) is 0 Å². The van der Waals surface area contributed by atoms with E-state index in [2.05, 4.69) is 0 Å². The molecule has 0 atom stereocenters. The molecule has 0 amide bonds. The number of rotatable bonds is 0. The maximum Gasteiger partial charge on any atom is 3.00 e. The van der Waals surface area contributed by atoms with Crippen molar-refractivity contribution >= 4 is 37.9 Å². The molecule has 0 saturated carbocycles. The second kappa shape index (κ2) is 13.3. The topological polar surface area (TPSA) is 0 Å². The van der Waals surface area contributed by atoms with Gasteiger partial charge in [-0.2, -0.15) is 14.7 Å². The molecule has 3 rings (SSSR count). The fourth-order valence-electron chi connectivity index (χ4n) is 1.67. The first-order valence-electron chi connectivity index (χ1n) is 7.59. The Morgan fingerprint density at radius 3 is 0.760 bits per heavy atom. The van der Waals surface area contributed by atoms with Crippen molar-refractivity contribution in [1.29, 1.82) is 0 Å². The minimum Gasteiger partial charge on any atom is -0.779 e. The zero-order valence-electron chi connectivity index (χ0n) is 14.5. The van der Waals surface area contributed by atoms with Crippen molar-refractivity contribution in [2.75, 3.05) is 0 Å². The quantitative estimate of drug-likeness (QED) is 0.253. The zero-order chi connectivity index (χ0) is 17.9. The van der Waals surface area contributed by atoms with Gasteiger partial charge >= 0.3 is 22.4 Å². The second-order valence-electron chi connectivity index (χ2n) is 5.30. The van der Waals surface area contributed by atoms with Gasteiger partial charge in [0.25, 0.3) is 0 Å². The number of hydrogen-bond acceptors (Lipinski definition) is 3.